The van der Waals surface area contributed by atoms with Crippen LogP contribution in [0, 0.1) is 0 Å². The van der Waals surface area contributed by atoms with Crippen molar-refractivity contribution in [2.24, 2.45) is 0 Å². The molecular formula is C27H44N4O17. The molecule has 0 spiro atoms. The van der Waals surface area contributed by atoms with Crippen molar-refractivity contribution in [2.75, 3.05) is 13.2 Å². The van der Waals surface area contributed by atoms with Gasteiger partial charge in [0.1, 0.15) is 66.9 Å². The van der Waals surface area contributed by atoms with Crippen molar-refractivity contribution in [3.8, 4) is 0 Å². The Morgan fingerprint density at radius 2 is 1.35 bits per heavy atom. The average Bonchev–Trinajstić information content (AvgIpc) is 3.00. The number of amides is 4. The molecule has 0 radical (unpaired) electrons. The van der Waals surface area contributed by atoms with Crippen molar-refractivity contribution in [1.29, 1.82) is 0 Å². The summed E-state index contributed by atoms with van der Waals surface area (Å²) in [6.45, 7) is 2.98. The van der Waals surface area contributed by atoms with Gasteiger partial charge >= 0.3 is 11.9 Å². The molecule has 21 nitrogen and oxygen atoms in total. The minimum Gasteiger partial charge on any atom is -0.481 e. The van der Waals surface area contributed by atoms with Gasteiger partial charge in [-0.25, -0.2) is 4.79 Å². The van der Waals surface area contributed by atoms with Crippen molar-refractivity contribution < 1.29 is 83.5 Å². The molecule has 0 bridgehead atoms. The van der Waals surface area contributed by atoms with E-state index in [9.17, 15) is 59.4 Å². The number of aliphatic carboxylic acids is 2. The second-order valence-corrected chi connectivity index (χ2v) is 11.3. The summed E-state index contributed by atoms with van der Waals surface area (Å²) < 4.78 is 22.9. The molecule has 0 unspecified atom stereocenters. The van der Waals surface area contributed by atoms with Crippen LogP contribution >= 0.6 is 0 Å². The summed E-state index contributed by atoms with van der Waals surface area (Å²) in [5, 5.41) is 78.8. The Kier molecular flexibility index (Phi) is 15.5. The molecule has 21 heteroatoms. The predicted octanol–water partition coefficient (Wildman–Crippen LogP) is -5.76. The standard InChI is InChI=1S/C27H44N4O17/c1-9(23(40)31-13(25(42)43)5-6-16(36)37)28-24(41)10(2)45-22-18(30-12(4)35)26(44)46-15(8-33)21(22)48-27-17(29-11(3)34)20(39)19(38)14(7-32)47-27/h9-10,13-15,17-22,26-27,32-33,38-39,44H,5-8H2,1-4H3,(H,28,41)(H,29,34)(H,30,35)(H,31,40)(H,36,37)(H,42,43)/t9-,10+,13+,14+,15+,17+,18+,19+,20+,21+,22+,26-,27-/m0/s1. The molecule has 2 aliphatic heterocycles. The van der Waals surface area contributed by atoms with Gasteiger partial charge in [0.25, 0.3) is 0 Å². The van der Waals surface area contributed by atoms with Crippen LogP contribution in [0.2, 0.25) is 0 Å². The fraction of sp³-hybridized carbons (Fsp3) is 0.778. The largest absolute Gasteiger partial charge is 0.481 e. The second kappa shape index (κ2) is 18.3. The van der Waals surface area contributed by atoms with E-state index < -0.39 is 141 Å². The highest BCUT2D eigenvalue weighted by atomic mass is 16.7. The predicted molar refractivity (Wildman–Crippen MR) is 154 cm³/mol. The lowest BCUT2D eigenvalue weighted by molar-refractivity contribution is -0.333. The van der Waals surface area contributed by atoms with E-state index in [4.69, 9.17) is 24.1 Å². The molecule has 0 saturated carbocycles. The number of carboxylic acid groups (broad SMARTS) is 2. The quantitative estimate of drug-likeness (QED) is 0.0716. The third-order valence-corrected chi connectivity index (χ3v) is 7.50. The molecule has 48 heavy (non-hydrogen) atoms. The molecule has 2 saturated heterocycles. The first-order chi connectivity index (χ1) is 22.4. The SMILES string of the molecule is CC(=O)N[C@@H]1[C@@H](O[C@H](C)C(=O)N[C@@H](C)C(=O)N[C@H](CCC(=O)O)C(=O)O)[C@H](O[C@@H]2O[C@H](CO)[C@@H](O)[C@H](O)[C@H]2NC(C)=O)[C@@H](CO)O[C@@H]1O. The number of ether oxygens (including phenoxy) is 4. The fourth-order valence-corrected chi connectivity index (χ4v) is 5.04. The fourth-order valence-electron chi connectivity index (χ4n) is 5.04. The van der Waals surface area contributed by atoms with E-state index >= 15 is 0 Å². The molecule has 0 aliphatic carbocycles. The topological polar surface area (TPSA) is 329 Å². The first-order valence-electron chi connectivity index (χ1n) is 14.9. The summed E-state index contributed by atoms with van der Waals surface area (Å²) in [7, 11) is 0. The van der Waals surface area contributed by atoms with Crippen molar-refractivity contribution in [2.45, 2.75) is 120 Å². The van der Waals surface area contributed by atoms with Crippen LogP contribution in [-0.2, 0) is 47.7 Å². The Hall–Kier alpha value is -3.54. The van der Waals surface area contributed by atoms with Gasteiger partial charge in [0.2, 0.25) is 23.6 Å². The highest BCUT2D eigenvalue weighted by molar-refractivity contribution is 5.91. The lowest BCUT2D eigenvalue weighted by Crippen LogP contribution is -2.70. The molecule has 11 N–H and O–H groups in total. The number of carboxylic acids is 2. The van der Waals surface area contributed by atoms with E-state index in [1.165, 1.54) is 13.8 Å². The minimum absolute atomic E-state index is 0.427. The zero-order valence-electron chi connectivity index (χ0n) is 26.5. The van der Waals surface area contributed by atoms with E-state index in [1.54, 1.807) is 0 Å². The molecule has 4 amide bonds. The Balaban J connectivity index is 2.34. The molecule has 2 fully saturated rings. The van der Waals surface area contributed by atoms with Crippen molar-refractivity contribution in [1.82, 2.24) is 21.3 Å². The molecule has 2 heterocycles. The van der Waals surface area contributed by atoms with Crippen LogP contribution < -0.4 is 21.3 Å². The van der Waals surface area contributed by atoms with Crippen LogP contribution in [0.25, 0.3) is 0 Å². The normalized spacial score (nSPS) is 32.2. The van der Waals surface area contributed by atoms with Gasteiger partial charge in [-0.1, -0.05) is 0 Å². The number of carbonyl (C=O) groups is 6. The maximum atomic E-state index is 13.1. The maximum absolute atomic E-state index is 13.1. The van der Waals surface area contributed by atoms with Gasteiger partial charge in [0.15, 0.2) is 12.6 Å². The number of carbonyl (C=O) groups excluding carboxylic acids is 4. The first-order valence-corrected chi connectivity index (χ1v) is 14.9. The third-order valence-electron chi connectivity index (χ3n) is 7.50. The van der Waals surface area contributed by atoms with Crippen LogP contribution in [0.3, 0.4) is 0 Å². The van der Waals surface area contributed by atoms with Gasteiger partial charge in [-0.3, -0.25) is 24.0 Å². The Labute approximate surface area is 273 Å². The van der Waals surface area contributed by atoms with Gasteiger partial charge in [-0.05, 0) is 20.3 Å². The lowest BCUT2D eigenvalue weighted by Gasteiger charge is -2.48. The van der Waals surface area contributed by atoms with Crippen molar-refractivity contribution in [3.05, 3.63) is 0 Å². The Morgan fingerprint density at radius 1 is 0.771 bits per heavy atom. The highest BCUT2D eigenvalue weighted by Crippen LogP contribution is 2.31. The summed E-state index contributed by atoms with van der Waals surface area (Å²) in [5.41, 5.74) is 0. The van der Waals surface area contributed by atoms with E-state index in [0.29, 0.717) is 0 Å². The van der Waals surface area contributed by atoms with Crippen LogP contribution in [0.5, 0.6) is 0 Å². The van der Waals surface area contributed by atoms with E-state index in [1.807, 2.05) is 0 Å². The molecule has 2 aliphatic rings. The summed E-state index contributed by atoms with van der Waals surface area (Å²) >= 11 is 0. The molecule has 0 aromatic carbocycles. The summed E-state index contributed by atoms with van der Waals surface area (Å²) in [6.07, 6.45) is -15.4. The third kappa shape index (κ3) is 11.0. The summed E-state index contributed by atoms with van der Waals surface area (Å²) in [6, 6.07) is -5.87. The molecule has 0 aromatic heterocycles. The summed E-state index contributed by atoms with van der Waals surface area (Å²) in [5.74, 6) is -6.08. The minimum atomic E-state index is -1.84. The summed E-state index contributed by atoms with van der Waals surface area (Å²) in [4.78, 5) is 72.0. The van der Waals surface area contributed by atoms with E-state index in [-0.39, 0.29) is 0 Å². The van der Waals surface area contributed by atoms with Gasteiger partial charge in [-0.2, -0.15) is 0 Å². The van der Waals surface area contributed by atoms with Crippen LogP contribution in [0.4, 0.5) is 0 Å². The van der Waals surface area contributed by atoms with Gasteiger partial charge in [-0.15, -0.1) is 0 Å². The number of hydrogen-bond acceptors (Lipinski definition) is 15. The lowest BCUT2D eigenvalue weighted by atomic mass is 9.94. The Morgan fingerprint density at radius 3 is 1.88 bits per heavy atom. The van der Waals surface area contributed by atoms with E-state index in [0.717, 1.165) is 13.8 Å². The highest BCUT2D eigenvalue weighted by Gasteiger charge is 2.52. The number of aliphatic hydroxyl groups excluding tert-OH is 5. The molecular weight excluding hydrogens is 652 g/mol. The van der Waals surface area contributed by atoms with Crippen molar-refractivity contribution >= 4 is 35.6 Å². The average molecular weight is 697 g/mol. The molecule has 274 valence electrons. The molecule has 13 atom stereocenters. The molecule has 2 rings (SSSR count). The second-order valence-electron chi connectivity index (χ2n) is 11.3. The smallest absolute Gasteiger partial charge is 0.326 e. The molecule has 0 aromatic rings. The number of rotatable bonds is 16. The van der Waals surface area contributed by atoms with Gasteiger partial charge in [0, 0.05) is 20.3 Å². The van der Waals surface area contributed by atoms with E-state index in [2.05, 4.69) is 21.3 Å². The van der Waals surface area contributed by atoms with Crippen LogP contribution in [0.1, 0.15) is 40.5 Å². The number of hydrogen-bond donors (Lipinski definition) is 11. The van der Waals surface area contributed by atoms with Crippen molar-refractivity contribution in [3.63, 3.8) is 0 Å². The Bertz CT molecular complexity index is 1160. The van der Waals surface area contributed by atoms with Gasteiger partial charge < -0.3 is 76.0 Å². The maximum Gasteiger partial charge on any atom is 0.326 e. The first kappa shape index (κ1) is 40.6. The van der Waals surface area contributed by atoms with Crippen LogP contribution in [0.15, 0.2) is 0 Å². The van der Waals surface area contributed by atoms with Gasteiger partial charge in [0.05, 0.1) is 13.2 Å². The zero-order valence-corrected chi connectivity index (χ0v) is 26.5. The zero-order chi connectivity index (χ0) is 36.5. The van der Waals surface area contributed by atoms with Crippen LogP contribution in [-0.4, -0.2) is 164 Å². The monoisotopic (exact) mass is 696 g/mol. The number of nitrogens with one attached hydrogen (secondary N) is 4. The number of aliphatic hydroxyl groups is 5.